The van der Waals surface area contributed by atoms with E-state index < -0.39 is 17.7 Å². The number of anilines is 1. The van der Waals surface area contributed by atoms with Crippen molar-refractivity contribution < 1.29 is 22.8 Å². The lowest BCUT2D eigenvalue weighted by molar-refractivity contribution is -0.137. The average molecular weight is 425 g/mol. The minimum absolute atomic E-state index is 0.00984. The van der Waals surface area contributed by atoms with Crippen molar-refractivity contribution in [3.63, 3.8) is 0 Å². The fraction of sp³-hybridized carbons (Fsp3) is 0.400. The lowest BCUT2D eigenvalue weighted by Gasteiger charge is -2.24. The molecule has 1 aromatic carbocycles. The van der Waals surface area contributed by atoms with Crippen molar-refractivity contribution in [2.24, 2.45) is 5.92 Å². The standard InChI is InChI=1S/C20H22F3N3O2S/c1-25(2)16(17-7-4-8-29-17)11-24-19(28)13-9-18(27)26(12-13)15-6-3-5-14(10-15)20(21,22)23/h3-8,10,13,16H,9,11-12H2,1-2H3,(H,24,28)/t13-,16+/m0/s1. The second-order valence-electron chi connectivity index (χ2n) is 7.19. The number of benzene rings is 1. The first-order valence-electron chi connectivity index (χ1n) is 9.12. The first-order valence-corrected chi connectivity index (χ1v) is 10.00. The first-order chi connectivity index (χ1) is 13.7. The highest BCUT2D eigenvalue weighted by atomic mass is 32.1. The lowest BCUT2D eigenvalue weighted by Crippen LogP contribution is -2.38. The third kappa shape index (κ3) is 4.97. The van der Waals surface area contributed by atoms with Crippen molar-refractivity contribution in [3.8, 4) is 0 Å². The van der Waals surface area contributed by atoms with E-state index in [4.69, 9.17) is 0 Å². The zero-order chi connectivity index (χ0) is 21.2. The summed E-state index contributed by atoms with van der Waals surface area (Å²) >= 11 is 1.60. The van der Waals surface area contributed by atoms with Crippen molar-refractivity contribution in [1.82, 2.24) is 10.2 Å². The van der Waals surface area contributed by atoms with Crippen molar-refractivity contribution in [2.75, 3.05) is 32.1 Å². The molecule has 1 fully saturated rings. The number of thiophene rings is 1. The van der Waals surface area contributed by atoms with Crippen LogP contribution in [0.5, 0.6) is 0 Å². The molecule has 2 aromatic rings. The molecule has 0 saturated carbocycles. The largest absolute Gasteiger partial charge is 0.416 e. The Bertz CT molecular complexity index is 868. The minimum Gasteiger partial charge on any atom is -0.354 e. The van der Waals surface area contributed by atoms with Crippen LogP contribution in [0.2, 0.25) is 0 Å². The Labute approximate surface area is 171 Å². The molecule has 0 bridgehead atoms. The van der Waals surface area contributed by atoms with Crippen LogP contribution in [0.1, 0.15) is 22.9 Å². The third-order valence-electron chi connectivity index (χ3n) is 4.95. The van der Waals surface area contributed by atoms with Crippen LogP contribution in [0.25, 0.3) is 0 Å². The summed E-state index contributed by atoms with van der Waals surface area (Å²) < 4.78 is 38.8. The monoisotopic (exact) mass is 425 g/mol. The van der Waals surface area contributed by atoms with E-state index >= 15 is 0 Å². The van der Waals surface area contributed by atoms with Crippen LogP contribution in [0.4, 0.5) is 18.9 Å². The van der Waals surface area contributed by atoms with Gasteiger partial charge < -0.3 is 15.1 Å². The van der Waals surface area contributed by atoms with E-state index in [9.17, 15) is 22.8 Å². The van der Waals surface area contributed by atoms with E-state index in [0.717, 1.165) is 17.0 Å². The molecular formula is C20H22F3N3O2S. The number of halogens is 3. The van der Waals surface area contributed by atoms with Gasteiger partial charge in [0, 0.05) is 30.1 Å². The SMILES string of the molecule is CN(C)[C@H](CNC(=O)[C@H]1CC(=O)N(c2cccc(C(F)(F)F)c2)C1)c1cccs1. The maximum atomic E-state index is 12.9. The molecule has 2 amide bonds. The zero-order valence-electron chi connectivity index (χ0n) is 16.1. The number of likely N-dealkylation sites (N-methyl/N-ethyl adjacent to an activating group) is 1. The summed E-state index contributed by atoms with van der Waals surface area (Å²) in [5.41, 5.74) is -0.662. The van der Waals surface area contributed by atoms with Crippen LogP contribution >= 0.6 is 11.3 Å². The molecule has 2 heterocycles. The van der Waals surface area contributed by atoms with Crippen LogP contribution in [-0.2, 0) is 15.8 Å². The van der Waals surface area contributed by atoms with Gasteiger partial charge in [-0.15, -0.1) is 11.3 Å². The van der Waals surface area contributed by atoms with Crippen molar-refractivity contribution in [1.29, 1.82) is 0 Å². The summed E-state index contributed by atoms with van der Waals surface area (Å²) in [7, 11) is 3.84. The molecule has 0 aliphatic carbocycles. The first kappa shape index (κ1) is 21.3. The number of amides is 2. The Balaban J connectivity index is 1.65. The molecule has 1 N–H and O–H groups in total. The van der Waals surface area contributed by atoms with E-state index in [1.165, 1.54) is 17.0 Å². The molecule has 0 radical (unpaired) electrons. The van der Waals surface area contributed by atoms with E-state index in [2.05, 4.69) is 5.32 Å². The van der Waals surface area contributed by atoms with Crippen LogP contribution in [0.3, 0.4) is 0 Å². The Morgan fingerprint density at radius 1 is 1.31 bits per heavy atom. The van der Waals surface area contributed by atoms with Gasteiger partial charge in [0.05, 0.1) is 17.5 Å². The Hall–Kier alpha value is -2.39. The van der Waals surface area contributed by atoms with Gasteiger partial charge in [-0.3, -0.25) is 9.59 Å². The number of carbonyl (C=O) groups excluding carboxylic acids is 2. The van der Waals surface area contributed by atoms with E-state index in [-0.39, 0.29) is 36.5 Å². The number of alkyl halides is 3. The van der Waals surface area contributed by atoms with Crippen molar-refractivity contribution >= 4 is 28.8 Å². The second-order valence-corrected chi connectivity index (χ2v) is 8.17. The molecule has 0 spiro atoms. The minimum atomic E-state index is -4.49. The smallest absolute Gasteiger partial charge is 0.354 e. The summed E-state index contributed by atoms with van der Waals surface area (Å²) in [6, 6.07) is 8.57. The van der Waals surface area contributed by atoms with Gasteiger partial charge in [-0.2, -0.15) is 13.2 Å². The molecule has 1 saturated heterocycles. The maximum absolute atomic E-state index is 12.9. The predicted molar refractivity (Wildman–Crippen MR) is 106 cm³/mol. The van der Waals surface area contributed by atoms with Crippen LogP contribution in [0.15, 0.2) is 41.8 Å². The van der Waals surface area contributed by atoms with Gasteiger partial charge in [-0.05, 0) is 43.7 Å². The van der Waals surface area contributed by atoms with E-state index in [0.29, 0.717) is 6.54 Å². The van der Waals surface area contributed by atoms with Crippen LogP contribution in [-0.4, -0.2) is 43.9 Å². The molecule has 3 rings (SSSR count). The van der Waals surface area contributed by atoms with Crippen molar-refractivity contribution in [2.45, 2.75) is 18.6 Å². The fourth-order valence-electron chi connectivity index (χ4n) is 3.34. The highest BCUT2D eigenvalue weighted by Crippen LogP contribution is 2.33. The maximum Gasteiger partial charge on any atom is 0.416 e. The van der Waals surface area contributed by atoms with Crippen molar-refractivity contribution in [3.05, 3.63) is 52.2 Å². The summed E-state index contributed by atoms with van der Waals surface area (Å²) in [4.78, 5) is 29.3. The molecule has 156 valence electrons. The molecule has 29 heavy (non-hydrogen) atoms. The molecule has 1 aliphatic heterocycles. The fourth-order valence-corrected chi connectivity index (χ4v) is 4.27. The van der Waals surface area contributed by atoms with Gasteiger partial charge >= 0.3 is 6.18 Å². The van der Waals surface area contributed by atoms with Gasteiger partial charge in [-0.25, -0.2) is 0 Å². The highest BCUT2D eigenvalue weighted by Gasteiger charge is 2.37. The topological polar surface area (TPSA) is 52.7 Å². The number of hydrogen-bond donors (Lipinski definition) is 1. The number of nitrogens with zero attached hydrogens (tertiary/aromatic N) is 2. The van der Waals surface area contributed by atoms with Gasteiger partial charge in [0.1, 0.15) is 0 Å². The van der Waals surface area contributed by atoms with Crippen LogP contribution in [0, 0.1) is 5.92 Å². The Morgan fingerprint density at radius 2 is 2.07 bits per heavy atom. The molecule has 2 atom stereocenters. The zero-order valence-corrected chi connectivity index (χ0v) is 16.9. The third-order valence-corrected chi connectivity index (χ3v) is 5.92. The summed E-state index contributed by atoms with van der Waals surface area (Å²) in [5.74, 6) is -1.22. The second kappa shape index (κ2) is 8.54. The predicted octanol–water partition coefficient (Wildman–Crippen LogP) is 3.54. The summed E-state index contributed by atoms with van der Waals surface area (Å²) in [5, 5.41) is 4.86. The number of nitrogens with one attached hydrogen (secondary N) is 1. The molecule has 1 aromatic heterocycles. The Morgan fingerprint density at radius 3 is 2.69 bits per heavy atom. The van der Waals surface area contributed by atoms with Gasteiger partial charge in [0.25, 0.3) is 0 Å². The molecule has 0 unspecified atom stereocenters. The molecule has 1 aliphatic rings. The van der Waals surface area contributed by atoms with Gasteiger partial charge in [0.15, 0.2) is 0 Å². The summed E-state index contributed by atoms with van der Waals surface area (Å²) in [6.07, 6.45) is -4.51. The number of carbonyl (C=O) groups is 2. The van der Waals surface area contributed by atoms with Gasteiger partial charge in [0.2, 0.25) is 11.8 Å². The van der Waals surface area contributed by atoms with E-state index in [1.54, 1.807) is 11.3 Å². The van der Waals surface area contributed by atoms with Gasteiger partial charge in [-0.1, -0.05) is 12.1 Å². The average Bonchev–Trinajstić information content (AvgIpc) is 3.31. The summed E-state index contributed by atoms with van der Waals surface area (Å²) in [6.45, 7) is 0.457. The number of hydrogen-bond acceptors (Lipinski definition) is 4. The lowest BCUT2D eigenvalue weighted by atomic mass is 10.1. The normalized spacial score (nSPS) is 18.3. The quantitative estimate of drug-likeness (QED) is 0.770. The van der Waals surface area contributed by atoms with Crippen LogP contribution < -0.4 is 10.2 Å². The number of rotatable bonds is 6. The Kier molecular flexibility index (Phi) is 6.28. The molecular weight excluding hydrogens is 403 g/mol. The molecule has 9 heteroatoms. The molecule has 5 nitrogen and oxygen atoms in total. The van der Waals surface area contributed by atoms with E-state index in [1.807, 2.05) is 36.5 Å². The highest BCUT2D eigenvalue weighted by molar-refractivity contribution is 7.10.